The van der Waals surface area contributed by atoms with Gasteiger partial charge in [0.15, 0.2) is 0 Å². The quantitative estimate of drug-likeness (QED) is 0.820. The number of halogens is 1. The van der Waals surface area contributed by atoms with Gasteiger partial charge in [0, 0.05) is 39.0 Å². The third-order valence-corrected chi connectivity index (χ3v) is 3.80. The van der Waals surface area contributed by atoms with E-state index in [1.807, 2.05) is 12.3 Å². The maximum absolute atomic E-state index is 6.40. The van der Waals surface area contributed by atoms with Gasteiger partial charge in [-0.25, -0.2) is 4.98 Å². The summed E-state index contributed by atoms with van der Waals surface area (Å²) in [6, 6.07) is 2.46. The van der Waals surface area contributed by atoms with Crippen LogP contribution in [0.4, 0.5) is 5.82 Å². The second-order valence-electron chi connectivity index (χ2n) is 5.68. The number of hydrogen-bond acceptors (Lipinski definition) is 4. The lowest BCUT2D eigenvalue weighted by atomic mass is 10.1. The molecule has 1 aromatic rings. The summed E-state index contributed by atoms with van der Waals surface area (Å²) in [5, 5.41) is 4.10. The lowest BCUT2D eigenvalue weighted by molar-refractivity contribution is 0.222. The van der Waals surface area contributed by atoms with Gasteiger partial charge in [0.2, 0.25) is 0 Å². The lowest BCUT2D eigenvalue weighted by Crippen LogP contribution is -2.30. The molecule has 0 bridgehead atoms. The zero-order valence-corrected chi connectivity index (χ0v) is 13.8. The van der Waals surface area contributed by atoms with Crippen molar-refractivity contribution in [2.45, 2.75) is 32.9 Å². The molecule has 0 spiro atoms. The fraction of sp³-hybridized carbons (Fsp3) is 0.562. The number of nitrogens with zero attached hydrogens (tertiary/aromatic N) is 2. The minimum atomic E-state index is 0.454. The van der Waals surface area contributed by atoms with Crippen LogP contribution in [0.3, 0.4) is 0 Å². The first kappa shape index (κ1) is 16.3. The Balaban J connectivity index is 2.01. The van der Waals surface area contributed by atoms with E-state index in [-0.39, 0.29) is 0 Å². The molecule has 2 rings (SSSR count). The standard InChI is InChI=1S/C16H24ClN3O/c1-12(2)18-9-14-8-15(17)16(19-10-14)20-6-4-13(5-7-20)11-21-3/h4,8,10,12,18H,5-7,9,11H2,1-3H3. The molecule has 5 heteroatoms. The van der Waals surface area contributed by atoms with E-state index in [4.69, 9.17) is 16.3 Å². The number of rotatable bonds is 6. The summed E-state index contributed by atoms with van der Waals surface area (Å²) in [5.41, 5.74) is 2.47. The van der Waals surface area contributed by atoms with E-state index in [0.29, 0.717) is 6.04 Å². The molecule has 116 valence electrons. The van der Waals surface area contributed by atoms with Gasteiger partial charge in [-0.1, -0.05) is 31.5 Å². The zero-order chi connectivity index (χ0) is 15.2. The highest BCUT2D eigenvalue weighted by atomic mass is 35.5. The Labute approximate surface area is 132 Å². The van der Waals surface area contributed by atoms with E-state index in [2.05, 4.69) is 35.1 Å². The molecule has 1 aromatic heterocycles. The summed E-state index contributed by atoms with van der Waals surface area (Å²) in [4.78, 5) is 6.75. The van der Waals surface area contributed by atoms with Crippen LogP contribution in [-0.2, 0) is 11.3 Å². The second-order valence-corrected chi connectivity index (χ2v) is 6.08. The molecule has 1 aliphatic heterocycles. The Morgan fingerprint density at radius 2 is 2.29 bits per heavy atom. The van der Waals surface area contributed by atoms with Gasteiger partial charge in [0.1, 0.15) is 5.82 Å². The van der Waals surface area contributed by atoms with Crippen LogP contribution in [0.5, 0.6) is 0 Å². The fourth-order valence-corrected chi connectivity index (χ4v) is 2.65. The van der Waals surface area contributed by atoms with Gasteiger partial charge >= 0.3 is 0 Å². The van der Waals surface area contributed by atoms with Crippen molar-refractivity contribution >= 4 is 17.4 Å². The van der Waals surface area contributed by atoms with Crippen molar-refractivity contribution in [3.8, 4) is 0 Å². The monoisotopic (exact) mass is 309 g/mol. The molecular weight excluding hydrogens is 286 g/mol. The number of hydrogen-bond donors (Lipinski definition) is 1. The summed E-state index contributed by atoms with van der Waals surface area (Å²) in [7, 11) is 1.73. The molecule has 0 saturated heterocycles. The van der Waals surface area contributed by atoms with Gasteiger partial charge in [0.05, 0.1) is 11.6 Å². The minimum absolute atomic E-state index is 0.454. The van der Waals surface area contributed by atoms with Crippen molar-refractivity contribution in [2.24, 2.45) is 0 Å². The van der Waals surface area contributed by atoms with Crippen LogP contribution in [0.2, 0.25) is 5.02 Å². The number of pyridine rings is 1. The molecule has 0 radical (unpaired) electrons. The molecule has 0 aromatic carbocycles. The van der Waals surface area contributed by atoms with Crippen molar-refractivity contribution in [3.05, 3.63) is 34.5 Å². The predicted octanol–water partition coefficient (Wildman–Crippen LogP) is 3.02. The Kier molecular flexibility index (Phi) is 6.03. The lowest BCUT2D eigenvalue weighted by Gasteiger charge is -2.28. The van der Waals surface area contributed by atoms with Gasteiger partial charge in [0.25, 0.3) is 0 Å². The van der Waals surface area contributed by atoms with Crippen molar-refractivity contribution in [3.63, 3.8) is 0 Å². The number of anilines is 1. The van der Waals surface area contributed by atoms with Gasteiger partial charge in [-0.05, 0) is 23.6 Å². The summed E-state index contributed by atoms with van der Waals surface area (Å²) >= 11 is 6.40. The first-order valence-corrected chi connectivity index (χ1v) is 7.77. The molecule has 4 nitrogen and oxygen atoms in total. The number of methoxy groups -OCH3 is 1. The van der Waals surface area contributed by atoms with E-state index in [1.54, 1.807) is 7.11 Å². The van der Waals surface area contributed by atoms with Gasteiger partial charge in [-0.2, -0.15) is 0 Å². The van der Waals surface area contributed by atoms with Gasteiger partial charge in [-0.15, -0.1) is 0 Å². The van der Waals surface area contributed by atoms with E-state index in [1.165, 1.54) is 5.57 Å². The molecule has 1 aliphatic rings. The van der Waals surface area contributed by atoms with Crippen LogP contribution in [0.1, 0.15) is 25.8 Å². The third kappa shape index (κ3) is 4.70. The highest BCUT2D eigenvalue weighted by molar-refractivity contribution is 6.33. The highest BCUT2D eigenvalue weighted by Crippen LogP contribution is 2.26. The summed E-state index contributed by atoms with van der Waals surface area (Å²) in [6.07, 6.45) is 5.12. The first-order chi connectivity index (χ1) is 10.1. The van der Waals surface area contributed by atoms with Crippen LogP contribution >= 0.6 is 11.6 Å². The van der Waals surface area contributed by atoms with Crippen molar-refractivity contribution in [1.29, 1.82) is 0 Å². The highest BCUT2D eigenvalue weighted by Gasteiger charge is 2.16. The van der Waals surface area contributed by atoms with Crippen LogP contribution < -0.4 is 10.2 Å². The molecule has 0 unspecified atom stereocenters. The molecule has 1 N–H and O–H groups in total. The molecule has 0 saturated carbocycles. The zero-order valence-electron chi connectivity index (χ0n) is 13.0. The van der Waals surface area contributed by atoms with Gasteiger partial charge in [-0.3, -0.25) is 0 Å². The summed E-state index contributed by atoms with van der Waals surface area (Å²) in [5.74, 6) is 0.873. The topological polar surface area (TPSA) is 37.4 Å². The molecule has 0 aliphatic carbocycles. The maximum atomic E-state index is 6.40. The average Bonchev–Trinajstić information content (AvgIpc) is 2.47. The van der Waals surface area contributed by atoms with Crippen LogP contribution in [0, 0.1) is 0 Å². The molecule has 2 heterocycles. The molecule has 0 amide bonds. The predicted molar refractivity (Wildman–Crippen MR) is 88.0 cm³/mol. The Bertz CT molecular complexity index is 502. The largest absolute Gasteiger partial charge is 0.380 e. The molecular formula is C16H24ClN3O. The van der Waals surface area contributed by atoms with E-state index < -0.39 is 0 Å². The molecule has 21 heavy (non-hydrogen) atoms. The Hall–Kier alpha value is -1.10. The van der Waals surface area contributed by atoms with E-state index >= 15 is 0 Å². The fourth-order valence-electron chi connectivity index (χ4n) is 2.34. The first-order valence-electron chi connectivity index (χ1n) is 7.39. The number of ether oxygens (including phenoxy) is 1. The SMILES string of the molecule is COCC1=CCN(c2ncc(CNC(C)C)cc2Cl)CC1. The normalized spacial score (nSPS) is 15.5. The molecule has 0 atom stereocenters. The minimum Gasteiger partial charge on any atom is -0.380 e. The van der Waals surface area contributed by atoms with Crippen LogP contribution in [-0.4, -0.2) is 37.8 Å². The Morgan fingerprint density at radius 3 is 2.86 bits per heavy atom. The van der Waals surface area contributed by atoms with Crippen molar-refractivity contribution < 1.29 is 4.74 Å². The number of aromatic nitrogens is 1. The van der Waals surface area contributed by atoms with Crippen LogP contribution in [0.15, 0.2) is 23.9 Å². The van der Waals surface area contributed by atoms with Crippen LogP contribution in [0.25, 0.3) is 0 Å². The second kappa shape index (κ2) is 7.78. The maximum Gasteiger partial charge on any atom is 0.147 e. The average molecular weight is 310 g/mol. The van der Waals surface area contributed by atoms with Crippen molar-refractivity contribution in [1.82, 2.24) is 10.3 Å². The summed E-state index contributed by atoms with van der Waals surface area (Å²) in [6.45, 7) is 7.54. The van der Waals surface area contributed by atoms with E-state index in [0.717, 1.165) is 49.1 Å². The Morgan fingerprint density at radius 1 is 1.48 bits per heavy atom. The third-order valence-electron chi connectivity index (χ3n) is 3.53. The number of nitrogens with one attached hydrogen (secondary N) is 1. The molecule has 0 fully saturated rings. The van der Waals surface area contributed by atoms with E-state index in [9.17, 15) is 0 Å². The smallest absolute Gasteiger partial charge is 0.147 e. The summed E-state index contributed by atoms with van der Waals surface area (Å²) < 4.78 is 5.17. The van der Waals surface area contributed by atoms with Gasteiger partial charge < -0.3 is 15.0 Å². The van der Waals surface area contributed by atoms with Crippen molar-refractivity contribution in [2.75, 3.05) is 31.7 Å².